The van der Waals surface area contributed by atoms with Gasteiger partial charge >= 0.3 is 0 Å². The molecule has 4 heteroatoms. The number of nitrogens with two attached hydrogens (primary N) is 2. The van der Waals surface area contributed by atoms with E-state index < -0.39 is 0 Å². The maximum Gasteiger partial charge on any atom is 0.133 e. The molecule has 0 atom stereocenters. The van der Waals surface area contributed by atoms with E-state index in [0.29, 0.717) is 5.92 Å². The van der Waals surface area contributed by atoms with Crippen LogP contribution in [0.4, 0.5) is 11.4 Å². The fourth-order valence-corrected chi connectivity index (χ4v) is 5.39. The normalized spacial score (nSPS) is 13.9. The fourth-order valence-electron chi connectivity index (χ4n) is 5.39. The number of benzene rings is 4. The predicted octanol–water partition coefficient (Wildman–Crippen LogP) is 8.69. The van der Waals surface area contributed by atoms with Crippen LogP contribution in [-0.4, -0.2) is 0 Å². The molecular weight excluding hydrogens is 456 g/mol. The molecule has 0 saturated heterocycles. The van der Waals surface area contributed by atoms with Gasteiger partial charge in [0.2, 0.25) is 0 Å². The van der Waals surface area contributed by atoms with Gasteiger partial charge < -0.3 is 20.9 Å². The lowest BCUT2D eigenvalue weighted by molar-refractivity contribution is 0.418. The van der Waals surface area contributed by atoms with E-state index in [1.807, 2.05) is 48.5 Å². The predicted molar refractivity (Wildman–Crippen MR) is 153 cm³/mol. The first kappa shape index (κ1) is 24.8. The Hall–Kier alpha value is -3.92. The molecule has 190 valence electrons. The van der Waals surface area contributed by atoms with Crippen LogP contribution in [0.3, 0.4) is 0 Å². The van der Waals surface area contributed by atoms with Crippen LogP contribution in [0, 0.1) is 13.8 Å². The smallest absolute Gasteiger partial charge is 0.133 e. The molecule has 5 rings (SSSR count). The first-order valence-electron chi connectivity index (χ1n) is 13.2. The summed E-state index contributed by atoms with van der Waals surface area (Å²) in [4.78, 5) is 0. The van der Waals surface area contributed by atoms with Crippen LogP contribution in [0.25, 0.3) is 0 Å². The zero-order chi connectivity index (χ0) is 25.8. The fraction of sp³-hybridized carbons (Fsp3) is 0.273. The van der Waals surface area contributed by atoms with Crippen molar-refractivity contribution in [1.82, 2.24) is 0 Å². The third kappa shape index (κ3) is 6.08. The van der Waals surface area contributed by atoms with E-state index in [2.05, 4.69) is 44.2 Å². The summed E-state index contributed by atoms with van der Waals surface area (Å²) in [6.45, 7) is 4.22. The van der Waals surface area contributed by atoms with Gasteiger partial charge in [0.05, 0.1) is 0 Å². The Morgan fingerprint density at radius 2 is 1.22 bits per heavy atom. The molecule has 0 aliphatic heterocycles. The lowest BCUT2D eigenvalue weighted by Crippen LogP contribution is -2.07. The molecule has 1 aliphatic carbocycles. The molecule has 0 heterocycles. The zero-order valence-electron chi connectivity index (χ0n) is 21.8. The Bertz CT molecular complexity index is 1330. The number of hydrogen-bond acceptors (Lipinski definition) is 4. The Morgan fingerprint density at radius 3 is 1.81 bits per heavy atom. The van der Waals surface area contributed by atoms with Crippen molar-refractivity contribution in [3.05, 3.63) is 107 Å². The van der Waals surface area contributed by atoms with Crippen LogP contribution in [0.2, 0.25) is 0 Å². The maximum absolute atomic E-state index is 6.36. The number of ether oxygens (including phenoxy) is 2. The molecule has 4 N–H and O–H groups in total. The van der Waals surface area contributed by atoms with Crippen molar-refractivity contribution in [2.45, 2.75) is 58.3 Å². The molecule has 0 aromatic heterocycles. The second kappa shape index (κ2) is 11.0. The number of aryl methyl sites for hydroxylation is 2. The van der Waals surface area contributed by atoms with Gasteiger partial charge in [-0.25, -0.2) is 0 Å². The van der Waals surface area contributed by atoms with Crippen molar-refractivity contribution < 1.29 is 9.47 Å². The molecule has 0 amide bonds. The van der Waals surface area contributed by atoms with Crippen LogP contribution in [0.5, 0.6) is 23.0 Å². The van der Waals surface area contributed by atoms with Gasteiger partial charge in [0.1, 0.15) is 23.0 Å². The minimum Gasteiger partial charge on any atom is -0.457 e. The molecule has 0 radical (unpaired) electrons. The zero-order valence-corrected chi connectivity index (χ0v) is 21.8. The molecular formula is C33H36N2O2. The van der Waals surface area contributed by atoms with Crippen molar-refractivity contribution in [3.63, 3.8) is 0 Å². The molecule has 0 spiro atoms. The minimum absolute atomic E-state index is 0.539. The standard InChI is InChI=1S/C33H36N2O2/c1-22-18-25(19-23(2)33(22)37-30-15-11-28(35)12-16-30)20-24-8-17-32(36-29-13-9-27(34)10-14-29)31(21-24)26-6-4-3-5-7-26/h8-19,21,26H,3-7,20,34-35H2,1-2H3. The van der Waals surface area contributed by atoms with E-state index >= 15 is 0 Å². The Kier molecular flexibility index (Phi) is 7.36. The highest BCUT2D eigenvalue weighted by Crippen LogP contribution is 2.40. The highest BCUT2D eigenvalue weighted by atomic mass is 16.5. The summed E-state index contributed by atoms with van der Waals surface area (Å²) in [5, 5.41) is 0. The largest absolute Gasteiger partial charge is 0.457 e. The molecule has 1 aliphatic rings. The van der Waals surface area contributed by atoms with Crippen molar-refractivity contribution in [3.8, 4) is 23.0 Å². The van der Waals surface area contributed by atoms with Crippen molar-refractivity contribution in [2.24, 2.45) is 0 Å². The second-order valence-corrected chi connectivity index (χ2v) is 10.3. The molecule has 0 unspecified atom stereocenters. The maximum atomic E-state index is 6.36. The molecule has 4 nitrogen and oxygen atoms in total. The quantitative estimate of drug-likeness (QED) is 0.253. The van der Waals surface area contributed by atoms with E-state index in [4.69, 9.17) is 20.9 Å². The van der Waals surface area contributed by atoms with Crippen molar-refractivity contribution >= 4 is 11.4 Å². The average Bonchev–Trinajstić information content (AvgIpc) is 2.90. The van der Waals surface area contributed by atoms with E-state index in [9.17, 15) is 0 Å². The van der Waals surface area contributed by atoms with Crippen LogP contribution in [0.1, 0.15) is 65.8 Å². The molecule has 1 fully saturated rings. The summed E-state index contributed by atoms with van der Waals surface area (Å²) in [5.74, 6) is 4.02. The lowest BCUT2D eigenvalue weighted by Gasteiger charge is -2.25. The summed E-state index contributed by atoms with van der Waals surface area (Å²) in [7, 11) is 0. The Morgan fingerprint density at radius 1 is 0.649 bits per heavy atom. The summed E-state index contributed by atoms with van der Waals surface area (Å²) in [5.41, 5.74) is 19.3. The summed E-state index contributed by atoms with van der Waals surface area (Å²) in [6.07, 6.45) is 7.20. The van der Waals surface area contributed by atoms with Gasteiger partial charge in [-0.2, -0.15) is 0 Å². The average molecular weight is 493 g/mol. The first-order valence-corrected chi connectivity index (χ1v) is 13.2. The van der Waals surface area contributed by atoms with Gasteiger partial charge in [0.15, 0.2) is 0 Å². The van der Waals surface area contributed by atoms with Crippen molar-refractivity contribution in [1.29, 1.82) is 0 Å². The van der Waals surface area contributed by atoms with E-state index in [-0.39, 0.29) is 0 Å². The number of rotatable bonds is 7. The third-order valence-electron chi connectivity index (χ3n) is 7.26. The SMILES string of the molecule is Cc1cc(Cc2ccc(Oc3ccc(N)cc3)c(C3CCCCC3)c2)cc(C)c1Oc1ccc(N)cc1. The van der Waals surface area contributed by atoms with Gasteiger partial charge in [-0.3, -0.25) is 0 Å². The van der Waals surface area contributed by atoms with Crippen LogP contribution in [0.15, 0.2) is 78.9 Å². The second-order valence-electron chi connectivity index (χ2n) is 10.3. The Balaban J connectivity index is 1.39. The summed E-state index contributed by atoms with van der Waals surface area (Å²) >= 11 is 0. The van der Waals surface area contributed by atoms with Gasteiger partial charge in [0, 0.05) is 11.4 Å². The number of nitrogen functional groups attached to an aromatic ring is 2. The van der Waals surface area contributed by atoms with Gasteiger partial charge in [-0.15, -0.1) is 0 Å². The van der Waals surface area contributed by atoms with E-state index in [1.54, 1.807) is 0 Å². The highest BCUT2D eigenvalue weighted by molar-refractivity contribution is 5.50. The van der Waals surface area contributed by atoms with Gasteiger partial charge in [-0.05, 0) is 121 Å². The molecule has 4 aromatic rings. The van der Waals surface area contributed by atoms with E-state index in [1.165, 1.54) is 48.8 Å². The van der Waals surface area contributed by atoms with Crippen molar-refractivity contribution in [2.75, 3.05) is 11.5 Å². The third-order valence-corrected chi connectivity index (χ3v) is 7.26. The summed E-state index contributed by atoms with van der Waals surface area (Å²) < 4.78 is 12.6. The van der Waals surface area contributed by atoms with Crippen LogP contribution < -0.4 is 20.9 Å². The number of hydrogen-bond donors (Lipinski definition) is 2. The number of anilines is 2. The van der Waals surface area contributed by atoms with Crippen LogP contribution in [-0.2, 0) is 6.42 Å². The summed E-state index contributed by atoms with van der Waals surface area (Å²) in [6, 6.07) is 26.4. The van der Waals surface area contributed by atoms with Crippen LogP contribution >= 0.6 is 0 Å². The highest BCUT2D eigenvalue weighted by Gasteiger charge is 2.20. The lowest BCUT2D eigenvalue weighted by atomic mass is 9.82. The Labute approximate surface area is 220 Å². The minimum atomic E-state index is 0.539. The van der Waals surface area contributed by atoms with E-state index in [0.717, 1.165) is 51.9 Å². The molecule has 0 bridgehead atoms. The van der Waals surface area contributed by atoms with Gasteiger partial charge in [0.25, 0.3) is 0 Å². The topological polar surface area (TPSA) is 70.5 Å². The molecule has 4 aromatic carbocycles. The molecule has 1 saturated carbocycles. The first-order chi connectivity index (χ1) is 17.9. The van der Waals surface area contributed by atoms with Gasteiger partial charge in [-0.1, -0.05) is 43.5 Å². The molecule has 37 heavy (non-hydrogen) atoms. The monoisotopic (exact) mass is 492 g/mol.